The second-order valence-corrected chi connectivity index (χ2v) is 20.3. The highest BCUT2D eigenvalue weighted by atomic mass is 16.7. The van der Waals surface area contributed by atoms with Gasteiger partial charge in [0.25, 0.3) is 0 Å². The number of ether oxygens (including phenoxy) is 6. The zero-order chi connectivity index (χ0) is 55.8. The van der Waals surface area contributed by atoms with Gasteiger partial charge < -0.3 is 60.1 Å². The SMILES string of the molecule is CC(C)(C)OC(=O)NOCCNC(=O)CCC(=O)NCCOCCOCCC(=O)NCCOCCOCCC(=O)NCCCC[C@H](NC(=O)CCCCCCCCCCCCCCCCC(=O)O)C(=O)OC(C)(C)C. The summed E-state index contributed by atoms with van der Waals surface area (Å²) in [6.07, 6.45) is 17.3. The first-order valence-electron chi connectivity index (χ1n) is 27.5. The molecule has 1 atom stereocenters. The van der Waals surface area contributed by atoms with E-state index in [1.165, 1.54) is 44.9 Å². The molecule has 0 aliphatic rings. The van der Waals surface area contributed by atoms with Gasteiger partial charge in [0.2, 0.25) is 29.5 Å². The highest BCUT2D eigenvalue weighted by molar-refractivity contribution is 5.85. The molecule has 0 saturated heterocycles. The zero-order valence-corrected chi connectivity index (χ0v) is 46.6. The molecule has 22 heteroatoms. The number of amides is 6. The predicted octanol–water partition coefficient (Wildman–Crippen LogP) is 5.86. The summed E-state index contributed by atoms with van der Waals surface area (Å²) >= 11 is 0. The van der Waals surface area contributed by atoms with Crippen molar-refractivity contribution in [3.8, 4) is 0 Å². The van der Waals surface area contributed by atoms with Crippen LogP contribution in [0.5, 0.6) is 0 Å². The quantitative estimate of drug-likeness (QED) is 0.0213. The van der Waals surface area contributed by atoms with E-state index in [0.29, 0.717) is 58.6 Å². The molecule has 6 amide bonds. The molecular weight excluding hydrogens is 977 g/mol. The van der Waals surface area contributed by atoms with Crippen LogP contribution in [-0.2, 0) is 66.8 Å². The molecule has 0 aromatic rings. The molecule has 75 heavy (non-hydrogen) atoms. The third-order valence-electron chi connectivity index (χ3n) is 10.8. The van der Waals surface area contributed by atoms with Gasteiger partial charge in [-0.05, 0) is 73.6 Å². The molecule has 0 fully saturated rings. The minimum Gasteiger partial charge on any atom is -0.481 e. The molecule has 0 radical (unpaired) electrons. The lowest BCUT2D eigenvalue weighted by atomic mass is 10.0. The Morgan fingerprint density at radius 3 is 1.21 bits per heavy atom. The molecule has 0 saturated carbocycles. The van der Waals surface area contributed by atoms with Crippen LogP contribution in [0.3, 0.4) is 0 Å². The van der Waals surface area contributed by atoms with E-state index in [4.69, 9.17) is 38.4 Å². The minimum atomic E-state index is -0.752. The highest BCUT2D eigenvalue weighted by Crippen LogP contribution is 2.15. The van der Waals surface area contributed by atoms with Gasteiger partial charge in [-0.2, -0.15) is 5.48 Å². The molecule has 0 aliphatic heterocycles. The summed E-state index contributed by atoms with van der Waals surface area (Å²) in [5.74, 6) is -2.30. The van der Waals surface area contributed by atoms with Crippen LogP contribution in [0, 0.1) is 0 Å². The third kappa shape index (κ3) is 52.6. The minimum absolute atomic E-state index is 0.00261. The van der Waals surface area contributed by atoms with E-state index < -0.39 is 35.3 Å². The number of hydrogen-bond acceptors (Lipinski definition) is 15. The molecule has 22 nitrogen and oxygen atoms in total. The van der Waals surface area contributed by atoms with Crippen LogP contribution in [0.1, 0.15) is 189 Å². The second-order valence-electron chi connectivity index (χ2n) is 20.3. The van der Waals surface area contributed by atoms with Gasteiger partial charge >= 0.3 is 18.0 Å². The lowest BCUT2D eigenvalue weighted by Crippen LogP contribution is -2.44. The Hall–Kier alpha value is -4.64. The largest absolute Gasteiger partial charge is 0.481 e. The summed E-state index contributed by atoms with van der Waals surface area (Å²) in [6.45, 7) is 13.9. The van der Waals surface area contributed by atoms with Gasteiger partial charge in [-0.15, -0.1) is 0 Å². The summed E-state index contributed by atoms with van der Waals surface area (Å²) in [6, 6.07) is -0.752. The van der Waals surface area contributed by atoms with Crippen molar-refractivity contribution in [2.75, 3.05) is 85.6 Å². The molecule has 0 aromatic carbocycles. The van der Waals surface area contributed by atoms with Gasteiger partial charge in [0.15, 0.2) is 0 Å². The van der Waals surface area contributed by atoms with Gasteiger partial charge in [0, 0.05) is 64.7 Å². The molecule has 0 heterocycles. The number of carboxylic acid groups (broad SMARTS) is 1. The van der Waals surface area contributed by atoms with Crippen LogP contribution in [0.4, 0.5) is 4.79 Å². The average Bonchev–Trinajstić information content (AvgIpc) is 3.32. The standard InChI is InChI=1S/C53H98N6O16/c1-52(2,3)74-50(67)43(58-48(64)24-19-17-15-13-11-9-7-8-10-12-14-16-18-20-25-49(65)66)23-21-22-30-54-46(62)28-34-69-39-42-72-37-32-56-47(63)29-35-70-40-41-71-36-31-55-44(60)26-27-45(61)57-33-38-73-59-51(68)75-53(4,5)6/h43H,7-42H2,1-6H3,(H,54,62)(H,55,60)(H,56,63)(H,57,61)(H,58,64)(H,59,68)(H,65,66)/t43-/m0/s1. The topological polar surface area (TPSA) is 294 Å². The number of unbranched alkanes of at least 4 members (excludes halogenated alkanes) is 14. The number of carbonyl (C=O) groups excluding carboxylic acids is 7. The number of esters is 1. The normalized spacial score (nSPS) is 11.8. The maximum absolute atomic E-state index is 12.9. The summed E-state index contributed by atoms with van der Waals surface area (Å²) in [5, 5.41) is 22.4. The van der Waals surface area contributed by atoms with Crippen LogP contribution < -0.4 is 32.1 Å². The lowest BCUT2D eigenvalue weighted by Gasteiger charge is -2.24. The van der Waals surface area contributed by atoms with Crippen molar-refractivity contribution in [1.82, 2.24) is 32.1 Å². The Labute approximate surface area is 447 Å². The Balaban J connectivity index is 3.83. The Kier molecular flexibility index (Phi) is 43.8. The van der Waals surface area contributed by atoms with Crippen molar-refractivity contribution < 1.29 is 76.7 Å². The van der Waals surface area contributed by atoms with Crippen LogP contribution >= 0.6 is 0 Å². The number of aliphatic carboxylic acids is 1. The fourth-order valence-electron chi connectivity index (χ4n) is 7.00. The van der Waals surface area contributed by atoms with Crippen LogP contribution in [0.2, 0.25) is 0 Å². The van der Waals surface area contributed by atoms with Gasteiger partial charge in [0.05, 0.1) is 59.5 Å². The van der Waals surface area contributed by atoms with E-state index in [2.05, 4.69) is 32.1 Å². The molecule has 0 spiro atoms. The second kappa shape index (κ2) is 46.6. The van der Waals surface area contributed by atoms with E-state index >= 15 is 0 Å². The number of nitrogens with one attached hydrogen (secondary N) is 6. The van der Waals surface area contributed by atoms with E-state index in [9.17, 15) is 38.4 Å². The van der Waals surface area contributed by atoms with E-state index in [-0.39, 0.29) is 114 Å². The molecule has 0 aromatic heterocycles. The molecule has 7 N–H and O–H groups in total. The molecule has 0 bridgehead atoms. The highest BCUT2D eigenvalue weighted by Gasteiger charge is 2.26. The van der Waals surface area contributed by atoms with Crippen molar-refractivity contribution in [2.45, 2.75) is 206 Å². The van der Waals surface area contributed by atoms with Gasteiger partial charge in [0.1, 0.15) is 17.2 Å². The third-order valence-corrected chi connectivity index (χ3v) is 10.8. The summed E-state index contributed by atoms with van der Waals surface area (Å²) in [4.78, 5) is 101. The van der Waals surface area contributed by atoms with Crippen molar-refractivity contribution in [1.29, 1.82) is 0 Å². The first-order chi connectivity index (χ1) is 35.8. The van der Waals surface area contributed by atoms with Crippen LogP contribution in [0.25, 0.3) is 0 Å². The summed E-state index contributed by atoms with van der Waals surface area (Å²) in [7, 11) is 0. The Morgan fingerprint density at radius 2 is 0.773 bits per heavy atom. The van der Waals surface area contributed by atoms with Crippen molar-refractivity contribution >= 4 is 47.6 Å². The molecule has 0 rings (SSSR count). The predicted molar refractivity (Wildman–Crippen MR) is 282 cm³/mol. The van der Waals surface area contributed by atoms with Crippen molar-refractivity contribution in [3.63, 3.8) is 0 Å². The molecule has 436 valence electrons. The Morgan fingerprint density at radius 1 is 0.387 bits per heavy atom. The number of hydroxylamine groups is 1. The first kappa shape index (κ1) is 70.4. The molecular formula is C53H98N6O16. The summed E-state index contributed by atoms with van der Waals surface area (Å²) < 4.78 is 32.4. The van der Waals surface area contributed by atoms with Crippen LogP contribution in [-0.4, -0.2) is 156 Å². The maximum atomic E-state index is 12.9. The van der Waals surface area contributed by atoms with Gasteiger partial charge in [-0.1, -0.05) is 77.0 Å². The van der Waals surface area contributed by atoms with E-state index in [0.717, 1.165) is 44.9 Å². The van der Waals surface area contributed by atoms with Gasteiger partial charge in [-0.3, -0.25) is 33.6 Å². The van der Waals surface area contributed by atoms with Gasteiger partial charge in [-0.25, -0.2) is 9.59 Å². The first-order valence-corrected chi connectivity index (χ1v) is 27.5. The zero-order valence-electron chi connectivity index (χ0n) is 46.6. The number of carboxylic acids is 1. The van der Waals surface area contributed by atoms with Crippen molar-refractivity contribution in [3.05, 3.63) is 0 Å². The lowest BCUT2D eigenvalue weighted by molar-refractivity contribution is -0.159. The maximum Gasteiger partial charge on any atom is 0.431 e. The fourth-order valence-corrected chi connectivity index (χ4v) is 7.00. The number of rotatable bonds is 49. The summed E-state index contributed by atoms with van der Waals surface area (Å²) in [5.41, 5.74) is 0.769. The average molecular weight is 1080 g/mol. The van der Waals surface area contributed by atoms with E-state index in [1.807, 2.05) is 0 Å². The molecule has 0 unspecified atom stereocenters. The fraction of sp³-hybridized carbons (Fsp3) is 0.849. The van der Waals surface area contributed by atoms with Crippen molar-refractivity contribution in [2.24, 2.45) is 0 Å². The van der Waals surface area contributed by atoms with E-state index in [1.54, 1.807) is 41.5 Å². The molecule has 0 aliphatic carbocycles. The number of hydrogen-bond donors (Lipinski definition) is 7. The monoisotopic (exact) mass is 1070 g/mol. The van der Waals surface area contributed by atoms with Crippen LogP contribution in [0.15, 0.2) is 0 Å². The smallest absolute Gasteiger partial charge is 0.431 e. The Bertz CT molecular complexity index is 1560. The number of carbonyl (C=O) groups is 8.